The summed E-state index contributed by atoms with van der Waals surface area (Å²) in [6.45, 7) is 5.78. The molecule has 0 radical (unpaired) electrons. The van der Waals surface area contributed by atoms with E-state index in [1.807, 2.05) is 0 Å². The van der Waals surface area contributed by atoms with Crippen LogP contribution in [-0.4, -0.2) is 44.9 Å². The molecule has 3 nitrogen and oxygen atoms in total. The molecule has 0 spiro atoms. The third-order valence-corrected chi connectivity index (χ3v) is 4.19. The van der Waals surface area contributed by atoms with Crippen LogP contribution in [0.1, 0.15) is 26.7 Å². The first-order valence-electron chi connectivity index (χ1n) is 6.74. The summed E-state index contributed by atoms with van der Waals surface area (Å²) < 4.78 is 34.4. The average Bonchev–Trinajstić information content (AvgIpc) is 2.33. The number of nitrogens with one attached hydrogen (secondary N) is 1. The Morgan fingerprint density at radius 3 is 2.94 bits per heavy atom. The lowest BCUT2D eigenvalue weighted by atomic mass is 9.55. The van der Waals surface area contributed by atoms with Crippen molar-refractivity contribution in [3.05, 3.63) is 0 Å². The summed E-state index contributed by atoms with van der Waals surface area (Å²) in [4.78, 5) is 0. The minimum absolute atomic E-state index is 0.133. The molecule has 1 aliphatic heterocycles. The molecule has 106 valence electrons. The fourth-order valence-corrected chi connectivity index (χ4v) is 3.40. The Kier molecular flexibility index (Phi) is 4.56. The Bertz CT molecular complexity index is 274. The fraction of sp³-hybridized carbons (Fsp3) is 1.00. The summed E-state index contributed by atoms with van der Waals surface area (Å²) >= 11 is 0. The highest BCUT2D eigenvalue weighted by atomic mass is 19.3. The SMILES string of the molecule is CC1(C)C(NCCOCC(F)F)C2CCCOC21. The van der Waals surface area contributed by atoms with Gasteiger partial charge in [0, 0.05) is 30.5 Å². The van der Waals surface area contributed by atoms with E-state index in [4.69, 9.17) is 9.47 Å². The van der Waals surface area contributed by atoms with Crippen molar-refractivity contribution in [3.63, 3.8) is 0 Å². The minimum atomic E-state index is -2.37. The maximum absolute atomic E-state index is 11.9. The highest BCUT2D eigenvalue weighted by Crippen LogP contribution is 2.51. The van der Waals surface area contributed by atoms with Crippen LogP contribution in [0.5, 0.6) is 0 Å². The van der Waals surface area contributed by atoms with Gasteiger partial charge in [-0.25, -0.2) is 8.78 Å². The van der Waals surface area contributed by atoms with E-state index in [0.29, 0.717) is 31.2 Å². The van der Waals surface area contributed by atoms with Crippen LogP contribution >= 0.6 is 0 Å². The number of ether oxygens (including phenoxy) is 2. The van der Waals surface area contributed by atoms with Crippen LogP contribution < -0.4 is 5.32 Å². The van der Waals surface area contributed by atoms with Crippen molar-refractivity contribution < 1.29 is 18.3 Å². The van der Waals surface area contributed by atoms with Crippen molar-refractivity contribution >= 4 is 0 Å². The molecule has 1 aliphatic carbocycles. The van der Waals surface area contributed by atoms with Gasteiger partial charge in [-0.15, -0.1) is 0 Å². The normalized spacial score (nSPS) is 34.2. The van der Waals surface area contributed by atoms with Gasteiger partial charge < -0.3 is 14.8 Å². The molecule has 3 atom stereocenters. The largest absolute Gasteiger partial charge is 0.377 e. The number of halogens is 2. The molecule has 0 aromatic carbocycles. The third-order valence-electron chi connectivity index (χ3n) is 4.19. The minimum Gasteiger partial charge on any atom is -0.377 e. The van der Waals surface area contributed by atoms with Crippen LogP contribution in [0.15, 0.2) is 0 Å². The second-order valence-corrected chi connectivity index (χ2v) is 5.82. The first-order chi connectivity index (χ1) is 8.53. The smallest absolute Gasteiger partial charge is 0.261 e. The van der Waals surface area contributed by atoms with Gasteiger partial charge in [0.2, 0.25) is 0 Å². The number of hydrogen-bond donors (Lipinski definition) is 1. The Balaban J connectivity index is 1.69. The molecule has 18 heavy (non-hydrogen) atoms. The van der Waals surface area contributed by atoms with Crippen LogP contribution in [0, 0.1) is 11.3 Å². The first-order valence-corrected chi connectivity index (χ1v) is 6.74. The van der Waals surface area contributed by atoms with Crippen molar-refractivity contribution in [3.8, 4) is 0 Å². The van der Waals surface area contributed by atoms with Crippen molar-refractivity contribution in [2.45, 2.75) is 45.3 Å². The van der Waals surface area contributed by atoms with Gasteiger partial charge in [-0.3, -0.25) is 0 Å². The predicted octanol–water partition coefficient (Wildman–Crippen LogP) is 2.06. The molecule has 0 amide bonds. The lowest BCUT2D eigenvalue weighted by Crippen LogP contribution is -2.69. The van der Waals surface area contributed by atoms with Gasteiger partial charge in [0.05, 0.1) is 12.7 Å². The topological polar surface area (TPSA) is 30.5 Å². The van der Waals surface area contributed by atoms with Crippen molar-refractivity contribution in [1.29, 1.82) is 0 Å². The van der Waals surface area contributed by atoms with Gasteiger partial charge in [-0.1, -0.05) is 13.8 Å². The fourth-order valence-electron chi connectivity index (χ4n) is 3.40. The van der Waals surface area contributed by atoms with Gasteiger partial charge in [0.15, 0.2) is 0 Å². The molecule has 2 fully saturated rings. The molecule has 2 aliphatic rings. The van der Waals surface area contributed by atoms with Crippen LogP contribution in [0.4, 0.5) is 8.78 Å². The molecule has 1 saturated carbocycles. The number of alkyl halides is 2. The molecule has 1 saturated heterocycles. The van der Waals surface area contributed by atoms with Gasteiger partial charge in [0.25, 0.3) is 6.43 Å². The van der Waals surface area contributed by atoms with Gasteiger partial charge >= 0.3 is 0 Å². The van der Waals surface area contributed by atoms with E-state index in [9.17, 15) is 8.78 Å². The molecular weight excluding hydrogens is 240 g/mol. The van der Waals surface area contributed by atoms with E-state index in [1.165, 1.54) is 6.42 Å². The second kappa shape index (κ2) is 5.80. The summed E-state index contributed by atoms with van der Waals surface area (Å²) in [7, 11) is 0. The van der Waals surface area contributed by atoms with E-state index in [1.54, 1.807) is 0 Å². The highest BCUT2D eigenvalue weighted by molar-refractivity contribution is 5.10. The molecule has 1 heterocycles. The summed E-state index contributed by atoms with van der Waals surface area (Å²) in [5.74, 6) is 0.573. The lowest BCUT2D eigenvalue weighted by molar-refractivity contribution is -0.193. The second-order valence-electron chi connectivity index (χ2n) is 5.82. The molecule has 2 rings (SSSR count). The van der Waals surface area contributed by atoms with Crippen LogP contribution in [0.2, 0.25) is 0 Å². The monoisotopic (exact) mass is 263 g/mol. The molecule has 3 unspecified atom stereocenters. The van der Waals surface area contributed by atoms with Gasteiger partial charge in [0.1, 0.15) is 6.61 Å². The molecule has 1 N–H and O–H groups in total. The van der Waals surface area contributed by atoms with E-state index < -0.39 is 13.0 Å². The van der Waals surface area contributed by atoms with E-state index >= 15 is 0 Å². The summed E-state index contributed by atoms with van der Waals surface area (Å²) in [5, 5.41) is 3.43. The molecule has 0 bridgehead atoms. The van der Waals surface area contributed by atoms with Crippen LogP contribution in [-0.2, 0) is 9.47 Å². The molecular formula is C13H23F2NO2. The first kappa shape index (κ1) is 14.2. The van der Waals surface area contributed by atoms with E-state index in [-0.39, 0.29) is 5.41 Å². The standard InChI is InChI=1S/C13H23F2NO2/c1-13(2)11(9-4-3-6-18-12(9)13)16-5-7-17-8-10(14)15/h9-12,16H,3-8H2,1-2H3. The zero-order chi connectivity index (χ0) is 13.2. The number of rotatable bonds is 6. The van der Waals surface area contributed by atoms with E-state index in [2.05, 4.69) is 19.2 Å². The van der Waals surface area contributed by atoms with Gasteiger partial charge in [-0.2, -0.15) is 0 Å². The van der Waals surface area contributed by atoms with Crippen molar-refractivity contribution in [1.82, 2.24) is 5.32 Å². The third kappa shape index (κ3) is 2.83. The van der Waals surface area contributed by atoms with Crippen molar-refractivity contribution in [2.24, 2.45) is 11.3 Å². The quantitative estimate of drug-likeness (QED) is 0.744. The lowest BCUT2D eigenvalue weighted by Gasteiger charge is -2.60. The maximum Gasteiger partial charge on any atom is 0.261 e. The average molecular weight is 263 g/mol. The summed E-state index contributed by atoms with van der Waals surface area (Å²) in [6.07, 6.45) is 0.299. The summed E-state index contributed by atoms with van der Waals surface area (Å²) in [6, 6.07) is 0.415. The molecule has 0 aromatic rings. The van der Waals surface area contributed by atoms with Gasteiger partial charge in [-0.05, 0) is 12.8 Å². The van der Waals surface area contributed by atoms with Crippen LogP contribution in [0.3, 0.4) is 0 Å². The van der Waals surface area contributed by atoms with Crippen molar-refractivity contribution in [2.75, 3.05) is 26.4 Å². The number of hydrogen-bond acceptors (Lipinski definition) is 3. The van der Waals surface area contributed by atoms with Crippen LogP contribution in [0.25, 0.3) is 0 Å². The number of fused-ring (bicyclic) bond motifs is 1. The zero-order valence-electron chi connectivity index (χ0n) is 11.1. The maximum atomic E-state index is 11.9. The molecule has 5 heteroatoms. The zero-order valence-corrected chi connectivity index (χ0v) is 11.1. The highest BCUT2D eigenvalue weighted by Gasteiger charge is 2.57. The molecule has 0 aromatic heterocycles. The van der Waals surface area contributed by atoms with E-state index in [0.717, 1.165) is 13.0 Å². The summed E-state index contributed by atoms with van der Waals surface area (Å²) in [5.41, 5.74) is 0.133. The predicted molar refractivity (Wildman–Crippen MR) is 64.9 cm³/mol. The Hall–Kier alpha value is -0.260. The Morgan fingerprint density at radius 1 is 1.44 bits per heavy atom. The Labute approximate surface area is 107 Å². The Morgan fingerprint density at radius 2 is 2.22 bits per heavy atom.